The molecule has 2 aromatic rings. The van der Waals surface area contributed by atoms with Gasteiger partial charge in [-0.05, 0) is 38.8 Å². The Balaban J connectivity index is 2.15. The Bertz CT molecular complexity index is 689. The zero-order valence-electron chi connectivity index (χ0n) is 15.2. The monoisotopic (exact) mass is 322 g/mol. The minimum atomic E-state index is -0.0140. The molecule has 0 saturated carbocycles. The van der Waals surface area contributed by atoms with Crippen molar-refractivity contribution in [3.05, 3.63) is 69.8 Å². The van der Waals surface area contributed by atoms with Crippen molar-refractivity contribution in [3.8, 4) is 0 Å². The van der Waals surface area contributed by atoms with Crippen LogP contribution in [-0.2, 0) is 4.79 Å². The summed E-state index contributed by atoms with van der Waals surface area (Å²) in [4.78, 5) is 13.9. The molecule has 0 aromatic heterocycles. The predicted molar refractivity (Wildman–Crippen MR) is 98.2 cm³/mol. The molecule has 1 saturated heterocycles. The Morgan fingerprint density at radius 2 is 1.29 bits per heavy atom. The van der Waals surface area contributed by atoms with Gasteiger partial charge in [0.05, 0.1) is 12.7 Å². The fourth-order valence-electron chi connectivity index (χ4n) is 3.89. The first kappa shape index (κ1) is 16.7. The van der Waals surface area contributed by atoms with Crippen molar-refractivity contribution < 1.29 is 4.79 Å². The molecule has 3 nitrogen and oxygen atoms in total. The number of likely N-dealkylation sites (N-methyl/N-ethyl adjacent to an activating group) is 1. The van der Waals surface area contributed by atoms with Crippen molar-refractivity contribution in [2.45, 2.75) is 39.8 Å². The van der Waals surface area contributed by atoms with E-state index in [1.54, 1.807) is 0 Å². The third kappa shape index (κ3) is 3.22. The lowest BCUT2D eigenvalue weighted by atomic mass is 9.85. The molecule has 126 valence electrons. The number of hydrogen-bond acceptors (Lipinski definition) is 2. The maximum absolute atomic E-state index is 12.1. The van der Waals surface area contributed by atoms with E-state index in [4.69, 9.17) is 0 Å². The molecule has 1 N–H and O–H groups in total. The average Bonchev–Trinajstić information content (AvgIpc) is 2.78. The Labute approximate surface area is 144 Å². The smallest absolute Gasteiger partial charge is 0.237 e. The number of carbonyl (C=O) groups is 1. The van der Waals surface area contributed by atoms with Gasteiger partial charge < -0.3 is 4.90 Å². The number of amides is 1. The first-order valence-electron chi connectivity index (χ1n) is 8.50. The van der Waals surface area contributed by atoms with E-state index >= 15 is 0 Å². The first-order valence-corrected chi connectivity index (χ1v) is 8.50. The van der Waals surface area contributed by atoms with Crippen molar-refractivity contribution in [3.63, 3.8) is 0 Å². The molecule has 1 atom stereocenters. The largest absolute Gasteiger partial charge is 0.328 e. The van der Waals surface area contributed by atoms with Crippen LogP contribution < -0.4 is 5.32 Å². The van der Waals surface area contributed by atoms with E-state index in [1.807, 2.05) is 11.9 Å². The second-order valence-electron chi connectivity index (χ2n) is 7.15. The van der Waals surface area contributed by atoms with Gasteiger partial charge in [-0.25, -0.2) is 0 Å². The zero-order valence-corrected chi connectivity index (χ0v) is 15.2. The van der Waals surface area contributed by atoms with Crippen LogP contribution in [0.3, 0.4) is 0 Å². The fourth-order valence-corrected chi connectivity index (χ4v) is 3.89. The number of nitrogens with zero attached hydrogens (tertiary/aromatic N) is 1. The van der Waals surface area contributed by atoms with Gasteiger partial charge in [0.15, 0.2) is 0 Å². The molecule has 1 fully saturated rings. The Hall–Kier alpha value is -2.13. The molecule has 0 radical (unpaired) electrons. The third-order valence-corrected chi connectivity index (χ3v) is 4.80. The molecule has 2 aromatic carbocycles. The lowest BCUT2D eigenvalue weighted by molar-refractivity contribution is -0.126. The molecule has 0 aliphatic carbocycles. The normalized spacial score (nSPS) is 17.8. The molecule has 0 bridgehead atoms. The van der Waals surface area contributed by atoms with Crippen LogP contribution in [0.25, 0.3) is 0 Å². The topological polar surface area (TPSA) is 32.3 Å². The molecular weight excluding hydrogens is 296 g/mol. The van der Waals surface area contributed by atoms with Crippen molar-refractivity contribution >= 4 is 5.91 Å². The molecule has 1 aliphatic heterocycles. The molecule has 1 aliphatic rings. The van der Waals surface area contributed by atoms with Crippen LogP contribution in [0, 0.1) is 27.7 Å². The van der Waals surface area contributed by atoms with Crippen molar-refractivity contribution in [2.75, 3.05) is 13.6 Å². The maximum atomic E-state index is 12.1. The molecule has 0 unspecified atom stereocenters. The van der Waals surface area contributed by atoms with E-state index in [0.29, 0.717) is 6.54 Å². The summed E-state index contributed by atoms with van der Waals surface area (Å²) < 4.78 is 0. The molecule has 24 heavy (non-hydrogen) atoms. The lowest BCUT2D eigenvalue weighted by Crippen LogP contribution is -2.40. The SMILES string of the molecule is Cc1cc(C)cc(C(c2cc(C)cc(C)c2)[C@H]2NCC(=O)N2C)c1. The summed E-state index contributed by atoms with van der Waals surface area (Å²) in [7, 11) is 1.89. The van der Waals surface area contributed by atoms with Crippen LogP contribution in [0.1, 0.15) is 39.3 Å². The van der Waals surface area contributed by atoms with Gasteiger partial charge in [0, 0.05) is 13.0 Å². The first-order chi connectivity index (χ1) is 11.3. The third-order valence-electron chi connectivity index (χ3n) is 4.80. The van der Waals surface area contributed by atoms with Gasteiger partial charge in [-0.2, -0.15) is 0 Å². The highest BCUT2D eigenvalue weighted by atomic mass is 16.2. The van der Waals surface area contributed by atoms with E-state index in [1.165, 1.54) is 33.4 Å². The van der Waals surface area contributed by atoms with E-state index in [9.17, 15) is 4.79 Å². The van der Waals surface area contributed by atoms with Gasteiger partial charge in [0.2, 0.25) is 5.91 Å². The van der Waals surface area contributed by atoms with Crippen LogP contribution in [-0.4, -0.2) is 30.6 Å². The highest BCUT2D eigenvalue weighted by molar-refractivity contribution is 5.80. The maximum Gasteiger partial charge on any atom is 0.237 e. The summed E-state index contributed by atoms with van der Waals surface area (Å²) in [6.07, 6.45) is -0.0140. The van der Waals surface area contributed by atoms with Crippen LogP contribution in [0.4, 0.5) is 0 Å². The molecule has 1 heterocycles. The van der Waals surface area contributed by atoms with Gasteiger partial charge in [-0.15, -0.1) is 0 Å². The number of benzene rings is 2. The zero-order chi connectivity index (χ0) is 17.4. The minimum absolute atomic E-state index is 0.0140. The Kier molecular flexibility index (Phi) is 4.46. The quantitative estimate of drug-likeness (QED) is 0.939. The van der Waals surface area contributed by atoms with Gasteiger partial charge in [-0.3, -0.25) is 10.1 Å². The second kappa shape index (κ2) is 6.40. The van der Waals surface area contributed by atoms with Crippen molar-refractivity contribution in [2.24, 2.45) is 0 Å². The molecule has 1 amide bonds. The number of aryl methyl sites for hydroxylation is 4. The summed E-state index contributed by atoms with van der Waals surface area (Å²) in [5.74, 6) is 0.275. The fraction of sp³-hybridized carbons (Fsp3) is 0.381. The van der Waals surface area contributed by atoms with Crippen LogP contribution in [0.5, 0.6) is 0 Å². The molecule has 3 heteroatoms. The number of carbonyl (C=O) groups excluding carboxylic acids is 1. The van der Waals surface area contributed by atoms with Gasteiger partial charge in [-0.1, -0.05) is 58.7 Å². The van der Waals surface area contributed by atoms with Crippen LogP contribution in [0.15, 0.2) is 36.4 Å². The van der Waals surface area contributed by atoms with Crippen LogP contribution in [0.2, 0.25) is 0 Å². The Morgan fingerprint density at radius 3 is 1.62 bits per heavy atom. The summed E-state index contributed by atoms with van der Waals surface area (Å²) >= 11 is 0. The van der Waals surface area contributed by atoms with Gasteiger partial charge >= 0.3 is 0 Å². The van der Waals surface area contributed by atoms with Crippen molar-refractivity contribution in [1.29, 1.82) is 0 Å². The number of rotatable bonds is 3. The standard InChI is InChI=1S/C21H26N2O/c1-13-6-14(2)9-17(8-13)20(21-22-12-19(24)23(21)5)18-10-15(3)7-16(4)11-18/h6-11,20-22H,12H2,1-5H3/t21-/m0/s1. The summed E-state index contributed by atoms with van der Waals surface area (Å²) in [5.41, 5.74) is 7.54. The predicted octanol–water partition coefficient (Wildman–Crippen LogP) is 3.44. The average molecular weight is 322 g/mol. The summed E-state index contributed by atoms with van der Waals surface area (Å²) in [6, 6.07) is 13.4. The summed E-state index contributed by atoms with van der Waals surface area (Å²) in [5, 5.41) is 3.41. The Morgan fingerprint density at radius 1 is 0.875 bits per heavy atom. The molecular formula is C21H26N2O. The van der Waals surface area contributed by atoms with Gasteiger partial charge in [0.1, 0.15) is 0 Å². The summed E-state index contributed by atoms with van der Waals surface area (Å²) in [6.45, 7) is 8.93. The molecule has 0 spiro atoms. The highest BCUT2D eigenvalue weighted by Gasteiger charge is 2.35. The number of nitrogens with one attached hydrogen (secondary N) is 1. The van der Waals surface area contributed by atoms with E-state index in [0.717, 1.165) is 0 Å². The van der Waals surface area contributed by atoms with E-state index in [-0.39, 0.29) is 18.0 Å². The van der Waals surface area contributed by atoms with Crippen LogP contribution >= 0.6 is 0 Å². The van der Waals surface area contributed by atoms with Crippen molar-refractivity contribution in [1.82, 2.24) is 10.2 Å². The van der Waals surface area contributed by atoms with E-state index < -0.39 is 0 Å². The van der Waals surface area contributed by atoms with E-state index in [2.05, 4.69) is 69.4 Å². The van der Waals surface area contributed by atoms with Gasteiger partial charge in [0.25, 0.3) is 0 Å². The molecule has 3 rings (SSSR count). The highest BCUT2D eigenvalue weighted by Crippen LogP contribution is 2.33. The minimum Gasteiger partial charge on any atom is -0.328 e. The second-order valence-corrected chi connectivity index (χ2v) is 7.15. The lowest BCUT2D eigenvalue weighted by Gasteiger charge is -2.30. The number of hydrogen-bond donors (Lipinski definition) is 1.